The van der Waals surface area contributed by atoms with Crippen LogP contribution in [0.25, 0.3) is 0 Å². The molecule has 5 heteroatoms. The highest BCUT2D eigenvalue weighted by Gasteiger charge is 2.27. The van der Waals surface area contributed by atoms with Crippen LogP contribution in [0.3, 0.4) is 0 Å². The molecule has 0 saturated heterocycles. The largest absolute Gasteiger partial charge is 0.330 e. The van der Waals surface area contributed by atoms with Crippen LogP contribution in [0.1, 0.15) is 24.0 Å². The van der Waals surface area contributed by atoms with Crippen molar-refractivity contribution in [1.82, 2.24) is 4.98 Å². The Morgan fingerprint density at radius 1 is 1.62 bits per heavy atom. The Kier molecular flexibility index (Phi) is 3.33. The van der Waals surface area contributed by atoms with E-state index >= 15 is 0 Å². The summed E-state index contributed by atoms with van der Waals surface area (Å²) in [6, 6.07) is 0. The molecule has 0 atom stereocenters. The summed E-state index contributed by atoms with van der Waals surface area (Å²) in [5.74, 6) is -2.81. The highest BCUT2D eigenvalue weighted by Crippen LogP contribution is 2.29. The quantitative estimate of drug-likeness (QED) is 0.819. The first-order valence-electron chi connectivity index (χ1n) is 4.07. The lowest BCUT2D eigenvalue weighted by atomic mass is 10.2. The minimum Gasteiger partial charge on any atom is -0.330 e. The molecule has 0 radical (unpaired) electrons. The number of hydrogen-bond acceptors (Lipinski definition) is 3. The molecule has 0 aliphatic carbocycles. The van der Waals surface area contributed by atoms with Gasteiger partial charge in [-0.1, -0.05) is 0 Å². The predicted octanol–water partition coefficient (Wildman–Crippen LogP) is 2.15. The Hall–Kier alpha value is -0.550. The van der Waals surface area contributed by atoms with Gasteiger partial charge in [0.25, 0.3) is 5.92 Å². The summed E-state index contributed by atoms with van der Waals surface area (Å²) in [6.45, 7) is 1.42. The Bertz CT molecular complexity index is 267. The summed E-state index contributed by atoms with van der Waals surface area (Å²) in [6.07, 6.45) is 1.47. The van der Waals surface area contributed by atoms with Gasteiger partial charge in [0.15, 0.2) is 5.01 Å². The third-order valence-corrected chi connectivity index (χ3v) is 2.63. The monoisotopic (exact) mass is 206 g/mol. The van der Waals surface area contributed by atoms with Gasteiger partial charge in [-0.3, -0.25) is 0 Å². The SMILES string of the molecule is CC(F)(F)c1nc(CCCN)cs1. The number of aromatic nitrogens is 1. The molecule has 13 heavy (non-hydrogen) atoms. The van der Waals surface area contributed by atoms with Crippen molar-refractivity contribution in [3.8, 4) is 0 Å². The number of rotatable bonds is 4. The molecular formula is C8H12F2N2S. The highest BCUT2D eigenvalue weighted by molar-refractivity contribution is 7.09. The zero-order valence-electron chi connectivity index (χ0n) is 7.39. The second-order valence-electron chi connectivity index (χ2n) is 2.92. The molecule has 1 rings (SSSR count). The van der Waals surface area contributed by atoms with Crippen LogP contribution in [0.4, 0.5) is 8.78 Å². The lowest BCUT2D eigenvalue weighted by Gasteiger charge is -2.03. The fraction of sp³-hybridized carbons (Fsp3) is 0.625. The van der Waals surface area contributed by atoms with Crippen molar-refractivity contribution >= 4 is 11.3 Å². The first-order valence-corrected chi connectivity index (χ1v) is 4.95. The highest BCUT2D eigenvalue weighted by atomic mass is 32.1. The van der Waals surface area contributed by atoms with Gasteiger partial charge >= 0.3 is 0 Å². The molecule has 0 saturated carbocycles. The third-order valence-electron chi connectivity index (χ3n) is 1.56. The van der Waals surface area contributed by atoms with Gasteiger partial charge in [-0.2, -0.15) is 8.78 Å². The first-order chi connectivity index (χ1) is 6.04. The van der Waals surface area contributed by atoms with E-state index in [2.05, 4.69) is 4.98 Å². The second kappa shape index (κ2) is 4.11. The molecule has 0 amide bonds. The molecule has 0 bridgehead atoms. The van der Waals surface area contributed by atoms with Gasteiger partial charge in [-0.25, -0.2) is 4.98 Å². The van der Waals surface area contributed by atoms with Gasteiger partial charge in [-0.15, -0.1) is 11.3 Å². The molecule has 2 N–H and O–H groups in total. The molecule has 0 aliphatic heterocycles. The summed E-state index contributed by atoms with van der Waals surface area (Å²) in [4.78, 5) is 3.83. The predicted molar refractivity (Wildman–Crippen MR) is 49.1 cm³/mol. The zero-order valence-corrected chi connectivity index (χ0v) is 8.20. The Labute approximate surface area is 79.8 Å². The van der Waals surface area contributed by atoms with Crippen LogP contribution >= 0.6 is 11.3 Å². The number of thiazole rings is 1. The fourth-order valence-corrected chi connectivity index (χ4v) is 1.70. The van der Waals surface area contributed by atoms with Gasteiger partial charge in [0.2, 0.25) is 0 Å². The maximum atomic E-state index is 12.7. The van der Waals surface area contributed by atoms with Crippen molar-refractivity contribution in [2.24, 2.45) is 5.73 Å². The topological polar surface area (TPSA) is 38.9 Å². The Morgan fingerprint density at radius 2 is 2.31 bits per heavy atom. The van der Waals surface area contributed by atoms with Crippen molar-refractivity contribution in [3.63, 3.8) is 0 Å². The van der Waals surface area contributed by atoms with Crippen molar-refractivity contribution < 1.29 is 8.78 Å². The maximum Gasteiger partial charge on any atom is 0.296 e. The van der Waals surface area contributed by atoms with Crippen LogP contribution in [0.2, 0.25) is 0 Å². The van der Waals surface area contributed by atoms with E-state index in [4.69, 9.17) is 5.73 Å². The summed E-state index contributed by atoms with van der Waals surface area (Å²) in [5, 5.41) is 1.56. The summed E-state index contributed by atoms with van der Waals surface area (Å²) in [5.41, 5.74) is 6.01. The molecule has 0 aromatic carbocycles. The number of alkyl halides is 2. The van der Waals surface area contributed by atoms with Crippen LogP contribution in [0.15, 0.2) is 5.38 Å². The molecule has 0 unspecified atom stereocenters. The molecule has 1 aromatic heterocycles. The first kappa shape index (κ1) is 10.5. The fourth-order valence-electron chi connectivity index (χ4n) is 0.907. The van der Waals surface area contributed by atoms with Gasteiger partial charge in [0.05, 0.1) is 5.69 Å². The average Bonchev–Trinajstić information content (AvgIpc) is 2.47. The summed E-state index contributed by atoms with van der Waals surface area (Å²) in [7, 11) is 0. The van der Waals surface area contributed by atoms with E-state index in [1.165, 1.54) is 0 Å². The number of hydrogen-bond donors (Lipinski definition) is 1. The van der Waals surface area contributed by atoms with Crippen molar-refractivity contribution in [3.05, 3.63) is 16.1 Å². The van der Waals surface area contributed by atoms with Crippen molar-refractivity contribution in [2.75, 3.05) is 6.54 Å². The third kappa shape index (κ3) is 3.00. The van der Waals surface area contributed by atoms with Gasteiger partial charge < -0.3 is 5.73 Å². The van der Waals surface area contributed by atoms with Gasteiger partial charge in [0, 0.05) is 12.3 Å². The smallest absolute Gasteiger partial charge is 0.296 e. The molecule has 1 aromatic rings. The van der Waals surface area contributed by atoms with Crippen molar-refractivity contribution in [2.45, 2.75) is 25.7 Å². The molecule has 74 valence electrons. The number of nitrogens with two attached hydrogens (primary N) is 1. The average molecular weight is 206 g/mol. The van der Waals surface area contributed by atoms with Crippen LogP contribution in [-0.2, 0) is 12.3 Å². The van der Waals surface area contributed by atoms with E-state index < -0.39 is 5.92 Å². The normalized spacial score (nSPS) is 12.0. The van der Waals surface area contributed by atoms with E-state index in [1.54, 1.807) is 5.38 Å². The molecule has 0 spiro atoms. The van der Waals surface area contributed by atoms with Gasteiger partial charge in [-0.05, 0) is 19.4 Å². The summed E-state index contributed by atoms with van der Waals surface area (Å²) < 4.78 is 25.4. The van der Waals surface area contributed by atoms with Crippen LogP contribution in [-0.4, -0.2) is 11.5 Å². The lowest BCUT2D eigenvalue weighted by Crippen LogP contribution is -2.06. The standard InChI is InChI=1S/C8H12F2N2S/c1-8(9,10)7-12-6(5-13-7)3-2-4-11/h5H,2-4,11H2,1H3. The second-order valence-corrected chi connectivity index (χ2v) is 3.78. The molecule has 2 nitrogen and oxygen atoms in total. The molecule has 0 aliphatic rings. The Morgan fingerprint density at radius 3 is 2.77 bits per heavy atom. The van der Waals surface area contributed by atoms with E-state index in [0.29, 0.717) is 18.7 Å². The zero-order chi connectivity index (χ0) is 9.90. The minimum atomic E-state index is -2.81. The number of aryl methyl sites for hydroxylation is 1. The molecule has 0 fully saturated rings. The van der Waals surface area contributed by atoms with E-state index in [1.807, 2.05) is 0 Å². The number of nitrogens with zero attached hydrogens (tertiary/aromatic N) is 1. The van der Waals surface area contributed by atoms with E-state index in [9.17, 15) is 8.78 Å². The number of halogens is 2. The maximum absolute atomic E-state index is 12.7. The van der Waals surface area contributed by atoms with Gasteiger partial charge in [0.1, 0.15) is 0 Å². The van der Waals surface area contributed by atoms with Crippen molar-refractivity contribution in [1.29, 1.82) is 0 Å². The lowest BCUT2D eigenvalue weighted by molar-refractivity contribution is 0.0171. The van der Waals surface area contributed by atoms with Crippen LogP contribution in [0.5, 0.6) is 0 Å². The van der Waals surface area contributed by atoms with E-state index in [-0.39, 0.29) is 5.01 Å². The Balaban J connectivity index is 2.64. The van der Waals surface area contributed by atoms with Crippen LogP contribution < -0.4 is 5.73 Å². The van der Waals surface area contributed by atoms with E-state index in [0.717, 1.165) is 24.7 Å². The minimum absolute atomic E-state index is 0.112. The summed E-state index contributed by atoms with van der Waals surface area (Å²) >= 11 is 1.00. The van der Waals surface area contributed by atoms with Crippen LogP contribution in [0, 0.1) is 0 Å². The molecular weight excluding hydrogens is 194 g/mol. The molecule has 1 heterocycles.